The molecule has 0 radical (unpaired) electrons. The van der Waals surface area contributed by atoms with Crippen molar-refractivity contribution >= 4 is 35.1 Å². The Bertz CT molecular complexity index is 859. The Hall–Kier alpha value is -2.86. The number of rotatable bonds is 7. The van der Waals surface area contributed by atoms with E-state index < -0.39 is 17.9 Å². The van der Waals surface area contributed by atoms with Crippen molar-refractivity contribution in [2.24, 2.45) is 0 Å². The Morgan fingerprint density at radius 2 is 1.63 bits per heavy atom. The third-order valence-electron chi connectivity index (χ3n) is 4.59. The molecule has 140 valence electrons. The Balaban J connectivity index is 1.59. The van der Waals surface area contributed by atoms with E-state index in [0.29, 0.717) is 10.7 Å². The highest BCUT2D eigenvalue weighted by atomic mass is 35.5. The average Bonchev–Trinajstić information content (AvgIpc) is 3.44. The predicted octanol–water partition coefficient (Wildman–Crippen LogP) is 2.75. The van der Waals surface area contributed by atoms with Crippen LogP contribution in [0, 0.1) is 0 Å². The summed E-state index contributed by atoms with van der Waals surface area (Å²) in [7, 11) is 0. The summed E-state index contributed by atoms with van der Waals surface area (Å²) in [6, 6.07) is 14.3. The number of carboxylic acid groups (broad SMARTS) is 1. The first-order valence-corrected chi connectivity index (χ1v) is 8.92. The molecule has 2 aromatic rings. The van der Waals surface area contributed by atoms with Gasteiger partial charge in [0.15, 0.2) is 0 Å². The second-order valence-electron chi connectivity index (χ2n) is 6.59. The lowest BCUT2D eigenvalue weighted by Crippen LogP contribution is -2.30. The van der Waals surface area contributed by atoms with Crippen LogP contribution in [0.25, 0.3) is 0 Å². The van der Waals surface area contributed by atoms with E-state index in [4.69, 9.17) is 16.7 Å². The highest BCUT2D eigenvalue weighted by Gasteiger charge is 2.51. The lowest BCUT2D eigenvalue weighted by molar-refractivity contribution is -0.137. The van der Waals surface area contributed by atoms with Gasteiger partial charge in [0.25, 0.3) is 0 Å². The van der Waals surface area contributed by atoms with Gasteiger partial charge in [-0.1, -0.05) is 35.9 Å². The van der Waals surface area contributed by atoms with Crippen molar-refractivity contribution in [1.29, 1.82) is 0 Å². The molecule has 0 atom stereocenters. The summed E-state index contributed by atoms with van der Waals surface area (Å²) in [4.78, 5) is 34.8. The lowest BCUT2D eigenvalue weighted by Gasteiger charge is -2.16. The van der Waals surface area contributed by atoms with Gasteiger partial charge in [-0.3, -0.25) is 14.4 Å². The lowest BCUT2D eigenvalue weighted by atomic mass is 9.95. The fourth-order valence-electron chi connectivity index (χ4n) is 2.92. The molecule has 0 heterocycles. The zero-order chi connectivity index (χ0) is 19.4. The van der Waals surface area contributed by atoms with E-state index in [1.165, 1.54) is 0 Å². The van der Waals surface area contributed by atoms with Crippen LogP contribution in [0.2, 0.25) is 5.02 Å². The molecule has 3 rings (SSSR count). The fourth-order valence-corrected chi connectivity index (χ4v) is 3.05. The van der Waals surface area contributed by atoms with E-state index in [1.807, 2.05) is 12.1 Å². The molecule has 0 aliphatic heterocycles. The monoisotopic (exact) mass is 386 g/mol. The Morgan fingerprint density at radius 3 is 2.19 bits per heavy atom. The van der Waals surface area contributed by atoms with Gasteiger partial charge in [0.2, 0.25) is 11.8 Å². The Morgan fingerprint density at radius 1 is 1.00 bits per heavy atom. The molecule has 3 N–H and O–H groups in total. The Labute approximate surface area is 161 Å². The van der Waals surface area contributed by atoms with Crippen LogP contribution in [0.1, 0.15) is 24.0 Å². The van der Waals surface area contributed by atoms with Gasteiger partial charge in [-0.25, -0.2) is 0 Å². The minimum atomic E-state index is -1.09. The van der Waals surface area contributed by atoms with Crippen LogP contribution >= 0.6 is 11.6 Å². The molecule has 0 saturated heterocycles. The molecule has 1 aliphatic rings. The summed E-state index contributed by atoms with van der Waals surface area (Å²) < 4.78 is 0. The van der Waals surface area contributed by atoms with E-state index >= 15 is 0 Å². The van der Waals surface area contributed by atoms with Gasteiger partial charge in [-0.15, -0.1) is 0 Å². The van der Waals surface area contributed by atoms with Gasteiger partial charge in [-0.2, -0.15) is 0 Å². The van der Waals surface area contributed by atoms with Gasteiger partial charge < -0.3 is 15.7 Å². The molecule has 1 saturated carbocycles. The van der Waals surface area contributed by atoms with Gasteiger partial charge in [0.05, 0.1) is 11.8 Å². The molecule has 0 bridgehead atoms. The van der Waals surface area contributed by atoms with E-state index in [-0.39, 0.29) is 18.2 Å². The highest BCUT2D eigenvalue weighted by molar-refractivity contribution is 6.30. The van der Waals surface area contributed by atoms with Crippen LogP contribution in [-0.4, -0.2) is 29.4 Å². The molecular weight excluding hydrogens is 368 g/mol. The normalized spacial score (nSPS) is 14.3. The maximum Gasteiger partial charge on any atom is 0.322 e. The number of hydrogen-bond donors (Lipinski definition) is 3. The Kier molecular flexibility index (Phi) is 5.46. The SMILES string of the molecule is O=C(O)CNC(=O)Cc1ccc(NC(=O)C2(c3ccc(Cl)cc3)CC2)cc1. The quantitative estimate of drug-likeness (QED) is 0.681. The number of amides is 2. The van der Waals surface area contributed by atoms with Gasteiger partial charge in [0.1, 0.15) is 6.54 Å². The van der Waals surface area contributed by atoms with E-state index in [1.54, 1.807) is 36.4 Å². The van der Waals surface area contributed by atoms with Crippen LogP contribution in [0.3, 0.4) is 0 Å². The minimum absolute atomic E-state index is 0.0585. The van der Waals surface area contributed by atoms with Crippen molar-refractivity contribution in [2.45, 2.75) is 24.7 Å². The van der Waals surface area contributed by atoms with E-state index in [9.17, 15) is 14.4 Å². The van der Waals surface area contributed by atoms with Crippen LogP contribution in [0.15, 0.2) is 48.5 Å². The van der Waals surface area contributed by atoms with Crippen LogP contribution in [0.5, 0.6) is 0 Å². The number of anilines is 1. The zero-order valence-corrected chi connectivity index (χ0v) is 15.3. The summed E-state index contributed by atoms with van der Waals surface area (Å²) in [5.41, 5.74) is 1.83. The van der Waals surface area contributed by atoms with Crippen molar-refractivity contribution in [3.05, 3.63) is 64.7 Å². The second-order valence-corrected chi connectivity index (χ2v) is 7.02. The fraction of sp³-hybridized carbons (Fsp3) is 0.250. The van der Waals surface area contributed by atoms with Gasteiger partial charge in [0, 0.05) is 10.7 Å². The molecule has 6 nitrogen and oxygen atoms in total. The summed E-state index contributed by atoms with van der Waals surface area (Å²) in [5, 5.41) is 14.4. The summed E-state index contributed by atoms with van der Waals surface area (Å²) >= 11 is 5.92. The maximum atomic E-state index is 12.7. The molecule has 0 unspecified atom stereocenters. The highest BCUT2D eigenvalue weighted by Crippen LogP contribution is 2.49. The minimum Gasteiger partial charge on any atom is -0.480 e. The topological polar surface area (TPSA) is 95.5 Å². The molecule has 7 heteroatoms. The molecule has 1 aliphatic carbocycles. The van der Waals surface area contributed by atoms with Crippen molar-refractivity contribution in [3.8, 4) is 0 Å². The van der Waals surface area contributed by atoms with E-state index in [0.717, 1.165) is 24.0 Å². The molecule has 1 fully saturated rings. The molecule has 2 amide bonds. The summed E-state index contributed by atoms with van der Waals surface area (Å²) in [6.45, 7) is -0.403. The van der Waals surface area contributed by atoms with Crippen LogP contribution in [0.4, 0.5) is 5.69 Å². The number of carbonyl (C=O) groups is 3. The number of aliphatic carboxylic acids is 1. The van der Waals surface area contributed by atoms with Crippen molar-refractivity contribution in [1.82, 2.24) is 5.32 Å². The predicted molar refractivity (Wildman–Crippen MR) is 102 cm³/mol. The largest absolute Gasteiger partial charge is 0.480 e. The third kappa shape index (κ3) is 4.65. The van der Waals surface area contributed by atoms with Gasteiger partial charge >= 0.3 is 5.97 Å². The van der Waals surface area contributed by atoms with Gasteiger partial charge in [-0.05, 0) is 48.2 Å². The first kappa shape index (κ1) is 18.9. The van der Waals surface area contributed by atoms with Crippen LogP contribution < -0.4 is 10.6 Å². The molecule has 0 aromatic heterocycles. The molecule has 27 heavy (non-hydrogen) atoms. The summed E-state index contributed by atoms with van der Waals surface area (Å²) in [5.74, 6) is -1.51. The van der Waals surface area contributed by atoms with Crippen molar-refractivity contribution in [3.63, 3.8) is 0 Å². The van der Waals surface area contributed by atoms with E-state index in [2.05, 4.69) is 10.6 Å². The smallest absolute Gasteiger partial charge is 0.322 e. The molecular formula is C20H19ClN2O4. The maximum absolute atomic E-state index is 12.7. The second kappa shape index (κ2) is 7.80. The van der Waals surface area contributed by atoms with Crippen molar-refractivity contribution in [2.75, 3.05) is 11.9 Å². The molecule has 0 spiro atoms. The summed E-state index contributed by atoms with van der Waals surface area (Å²) in [6.07, 6.45) is 1.67. The first-order chi connectivity index (χ1) is 12.9. The zero-order valence-electron chi connectivity index (χ0n) is 14.5. The van der Waals surface area contributed by atoms with Crippen LogP contribution in [-0.2, 0) is 26.2 Å². The molecule has 2 aromatic carbocycles. The third-order valence-corrected chi connectivity index (χ3v) is 4.85. The number of hydrogen-bond acceptors (Lipinski definition) is 3. The number of carbonyl (C=O) groups excluding carboxylic acids is 2. The number of benzene rings is 2. The first-order valence-electron chi connectivity index (χ1n) is 8.54. The standard InChI is InChI=1S/C20H19ClN2O4/c21-15-5-3-14(4-6-15)20(9-10-20)19(27)23-16-7-1-13(2-8-16)11-17(24)22-12-18(25)26/h1-8H,9-12H2,(H,22,24)(H,23,27)(H,25,26). The number of halogens is 1. The van der Waals surface area contributed by atoms with Crippen molar-refractivity contribution < 1.29 is 19.5 Å². The average molecular weight is 387 g/mol. The number of carboxylic acids is 1. The number of nitrogens with one attached hydrogen (secondary N) is 2.